The molecule has 0 spiro atoms. The van der Waals surface area contributed by atoms with Crippen molar-refractivity contribution in [1.29, 1.82) is 0 Å². The van der Waals surface area contributed by atoms with E-state index in [1.165, 1.54) is 44.6 Å². The van der Waals surface area contributed by atoms with Gasteiger partial charge in [-0.15, -0.1) is 0 Å². The Balaban J connectivity index is 1.45. The summed E-state index contributed by atoms with van der Waals surface area (Å²) in [7, 11) is 0. The summed E-state index contributed by atoms with van der Waals surface area (Å²) in [6, 6.07) is 14.9. The molecular formula is C29H36O7. The van der Waals surface area contributed by atoms with E-state index in [1.807, 2.05) is 0 Å². The van der Waals surface area contributed by atoms with E-state index in [-0.39, 0.29) is 17.3 Å². The molecule has 0 aliphatic rings. The van der Waals surface area contributed by atoms with Crippen LogP contribution in [0.2, 0.25) is 0 Å². The predicted octanol–water partition coefficient (Wildman–Crippen LogP) is 7.05. The summed E-state index contributed by atoms with van der Waals surface area (Å²) in [4.78, 5) is 34.6. The number of ether oxygens (including phenoxy) is 4. The first kappa shape index (κ1) is 28.6. The van der Waals surface area contributed by atoms with Crippen molar-refractivity contribution in [2.45, 2.75) is 64.2 Å². The molecule has 0 aliphatic carbocycles. The van der Waals surface area contributed by atoms with Gasteiger partial charge in [0, 0.05) is 6.08 Å². The van der Waals surface area contributed by atoms with Crippen LogP contribution < -0.4 is 9.47 Å². The van der Waals surface area contributed by atoms with E-state index in [2.05, 4.69) is 11.3 Å². The smallest absolute Gasteiger partial charge is 0.494 e. The van der Waals surface area contributed by atoms with E-state index < -0.39 is 12.1 Å². The lowest BCUT2D eigenvalue weighted by Crippen LogP contribution is -2.16. The fourth-order valence-electron chi connectivity index (χ4n) is 3.47. The van der Waals surface area contributed by atoms with Gasteiger partial charge in [0.05, 0.1) is 18.8 Å². The minimum absolute atomic E-state index is 0.268. The van der Waals surface area contributed by atoms with Gasteiger partial charge < -0.3 is 18.9 Å². The van der Waals surface area contributed by atoms with E-state index in [1.54, 1.807) is 54.6 Å². The summed E-state index contributed by atoms with van der Waals surface area (Å²) in [6.45, 7) is 4.48. The van der Waals surface area contributed by atoms with Crippen LogP contribution >= 0.6 is 0 Å². The Kier molecular flexibility index (Phi) is 14.1. The summed E-state index contributed by atoms with van der Waals surface area (Å²) in [6.07, 6.45) is 11.5. The Morgan fingerprint density at radius 3 is 1.78 bits per heavy atom. The van der Waals surface area contributed by atoms with Crippen LogP contribution in [0.4, 0.5) is 4.79 Å². The normalized spacial score (nSPS) is 10.3. The molecule has 0 amide bonds. The molecule has 7 nitrogen and oxygen atoms in total. The second kappa shape index (κ2) is 17.8. The minimum Gasteiger partial charge on any atom is -0.494 e. The second-order valence-corrected chi connectivity index (χ2v) is 8.33. The van der Waals surface area contributed by atoms with Crippen LogP contribution in [-0.4, -0.2) is 31.3 Å². The lowest BCUT2D eigenvalue weighted by atomic mass is 10.1. The van der Waals surface area contributed by atoms with Crippen LogP contribution in [0.15, 0.2) is 67.3 Å². The highest BCUT2D eigenvalue weighted by atomic mass is 16.7. The molecule has 0 heterocycles. The van der Waals surface area contributed by atoms with Crippen molar-refractivity contribution in [3.63, 3.8) is 0 Å². The van der Waals surface area contributed by atoms with Crippen molar-refractivity contribution in [1.82, 2.24) is 0 Å². The van der Waals surface area contributed by atoms with Gasteiger partial charge in [0.15, 0.2) is 0 Å². The molecule has 2 aromatic carbocycles. The molecule has 7 heteroatoms. The van der Waals surface area contributed by atoms with Crippen molar-refractivity contribution in [2.24, 2.45) is 0 Å². The molecule has 0 saturated carbocycles. The van der Waals surface area contributed by atoms with Crippen LogP contribution in [0.25, 0.3) is 0 Å². The molecule has 36 heavy (non-hydrogen) atoms. The van der Waals surface area contributed by atoms with Crippen molar-refractivity contribution in [3.05, 3.63) is 72.8 Å². The summed E-state index contributed by atoms with van der Waals surface area (Å²) in [5, 5.41) is 0. The lowest BCUT2D eigenvalue weighted by molar-refractivity contribution is -0.137. The fraction of sp³-hybridized carbons (Fsp3) is 0.414. The SMILES string of the molecule is C=CC(=O)OCCCCCCCCCCCCOc1ccc(OC(=O)OC(=O)c2ccccc2)cc1. The summed E-state index contributed by atoms with van der Waals surface area (Å²) in [5.74, 6) is -0.151. The van der Waals surface area contributed by atoms with E-state index in [9.17, 15) is 14.4 Å². The zero-order valence-corrected chi connectivity index (χ0v) is 20.8. The Hall–Kier alpha value is -3.61. The first-order valence-corrected chi connectivity index (χ1v) is 12.6. The monoisotopic (exact) mass is 496 g/mol. The number of carbonyl (C=O) groups is 3. The summed E-state index contributed by atoms with van der Waals surface area (Å²) >= 11 is 0. The number of hydrogen-bond acceptors (Lipinski definition) is 7. The summed E-state index contributed by atoms with van der Waals surface area (Å²) in [5.41, 5.74) is 0.274. The van der Waals surface area contributed by atoms with E-state index >= 15 is 0 Å². The van der Waals surface area contributed by atoms with E-state index in [4.69, 9.17) is 14.2 Å². The third kappa shape index (κ3) is 12.7. The minimum atomic E-state index is -1.08. The fourth-order valence-corrected chi connectivity index (χ4v) is 3.47. The Morgan fingerprint density at radius 1 is 0.667 bits per heavy atom. The number of benzene rings is 2. The topological polar surface area (TPSA) is 88.1 Å². The summed E-state index contributed by atoms with van der Waals surface area (Å²) < 4.78 is 20.4. The number of hydrogen-bond donors (Lipinski definition) is 0. The Labute approximate surface area is 213 Å². The largest absolute Gasteiger partial charge is 0.521 e. The van der Waals surface area contributed by atoms with Gasteiger partial charge in [-0.3, -0.25) is 0 Å². The van der Waals surface area contributed by atoms with Crippen LogP contribution in [0, 0.1) is 0 Å². The molecule has 0 unspecified atom stereocenters. The average molecular weight is 497 g/mol. The molecule has 0 saturated heterocycles. The number of esters is 2. The molecular weight excluding hydrogens is 460 g/mol. The first-order valence-electron chi connectivity index (χ1n) is 12.6. The van der Waals surface area contributed by atoms with Gasteiger partial charge in [-0.1, -0.05) is 76.1 Å². The molecule has 194 valence electrons. The standard InChI is InChI=1S/C29H36O7/c1-2-27(30)34-23-15-10-8-6-4-3-5-7-9-14-22-33-25-18-20-26(21-19-25)35-29(32)36-28(31)24-16-12-11-13-17-24/h2,11-13,16-21H,1,3-10,14-15,22-23H2. The van der Waals surface area contributed by atoms with Crippen molar-refractivity contribution in [2.75, 3.05) is 13.2 Å². The van der Waals surface area contributed by atoms with Gasteiger partial charge in [0.25, 0.3) is 0 Å². The third-order valence-corrected chi connectivity index (χ3v) is 5.43. The molecule has 0 bridgehead atoms. The van der Waals surface area contributed by atoms with E-state index in [0.29, 0.717) is 19.0 Å². The van der Waals surface area contributed by atoms with Crippen LogP contribution in [0.5, 0.6) is 11.5 Å². The van der Waals surface area contributed by atoms with Crippen molar-refractivity contribution in [3.8, 4) is 11.5 Å². The maximum Gasteiger partial charge on any atom is 0.521 e. The Bertz CT molecular complexity index is 922. The quantitative estimate of drug-likeness (QED) is 0.0762. The van der Waals surface area contributed by atoms with Crippen LogP contribution in [-0.2, 0) is 14.3 Å². The predicted molar refractivity (Wildman–Crippen MR) is 137 cm³/mol. The van der Waals surface area contributed by atoms with Gasteiger partial charge in [0.1, 0.15) is 11.5 Å². The highest BCUT2D eigenvalue weighted by Gasteiger charge is 2.14. The molecule has 2 aromatic rings. The highest BCUT2D eigenvalue weighted by Crippen LogP contribution is 2.19. The van der Waals surface area contributed by atoms with Gasteiger partial charge >= 0.3 is 18.1 Å². The van der Waals surface area contributed by atoms with Gasteiger partial charge in [-0.25, -0.2) is 14.4 Å². The maximum atomic E-state index is 11.9. The Morgan fingerprint density at radius 2 is 1.19 bits per heavy atom. The van der Waals surface area contributed by atoms with E-state index in [0.717, 1.165) is 25.7 Å². The van der Waals surface area contributed by atoms with Crippen molar-refractivity contribution < 1.29 is 33.3 Å². The molecule has 2 rings (SSSR count). The van der Waals surface area contributed by atoms with Crippen LogP contribution in [0.1, 0.15) is 74.6 Å². The molecule has 0 aliphatic heterocycles. The first-order chi connectivity index (χ1) is 17.6. The third-order valence-electron chi connectivity index (χ3n) is 5.43. The second-order valence-electron chi connectivity index (χ2n) is 8.33. The number of unbranched alkanes of at least 4 members (excludes halogenated alkanes) is 9. The van der Waals surface area contributed by atoms with Gasteiger partial charge in [-0.05, 0) is 49.2 Å². The van der Waals surface area contributed by atoms with Gasteiger partial charge in [-0.2, -0.15) is 0 Å². The molecule has 0 aromatic heterocycles. The van der Waals surface area contributed by atoms with Crippen molar-refractivity contribution >= 4 is 18.1 Å². The number of carbonyl (C=O) groups excluding carboxylic acids is 3. The molecule has 0 fully saturated rings. The zero-order chi connectivity index (χ0) is 25.8. The molecule has 0 N–H and O–H groups in total. The highest BCUT2D eigenvalue weighted by molar-refractivity contribution is 5.95. The molecule has 0 radical (unpaired) electrons. The average Bonchev–Trinajstić information content (AvgIpc) is 2.90. The zero-order valence-electron chi connectivity index (χ0n) is 20.8. The number of rotatable bonds is 17. The molecule has 0 atom stereocenters. The lowest BCUT2D eigenvalue weighted by Gasteiger charge is -2.08. The van der Waals surface area contributed by atoms with Crippen LogP contribution in [0.3, 0.4) is 0 Å². The van der Waals surface area contributed by atoms with Gasteiger partial charge in [0.2, 0.25) is 0 Å². The maximum absolute atomic E-state index is 11.9.